The van der Waals surface area contributed by atoms with Gasteiger partial charge in [0.2, 0.25) is 0 Å². The van der Waals surface area contributed by atoms with Gasteiger partial charge in [-0.25, -0.2) is 4.57 Å². The fraction of sp³-hybridized carbons (Fsp3) is 0.250. The number of hydrogen-bond acceptors (Lipinski definition) is 9. The Balaban J connectivity index is 1.54. The zero-order valence-electron chi connectivity index (χ0n) is 17.5. The van der Waals surface area contributed by atoms with Gasteiger partial charge in [-0.1, -0.05) is 18.2 Å². The van der Waals surface area contributed by atoms with Gasteiger partial charge in [0, 0.05) is 23.9 Å². The summed E-state index contributed by atoms with van der Waals surface area (Å²) in [6.07, 6.45) is 2.98. The number of fused-ring (bicyclic) bond motifs is 1. The number of hydroxylamine groups is 2. The van der Waals surface area contributed by atoms with Crippen LogP contribution >= 0.6 is 7.82 Å². The summed E-state index contributed by atoms with van der Waals surface area (Å²) in [5.41, 5.74) is 1.69. The first-order valence-electron chi connectivity index (χ1n) is 9.90. The van der Waals surface area contributed by atoms with Gasteiger partial charge in [0.25, 0.3) is 5.91 Å². The van der Waals surface area contributed by atoms with E-state index >= 15 is 0 Å². The number of amides is 1. The molecule has 0 saturated heterocycles. The van der Waals surface area contributed by atoms with Crippen molar-refractivity contribution in [3.8, 4) is 5.75 Å². The Kier molecular flexibility index (Phi) is 6.19. The number of amidine groups is 1. The summed E-state index contributed by atoms with van der Waals surface area (Å²) in [7, 11) is -4.74. The van der Waals surface area contributed by atoms with Crippen LogP contribution in [0.3, 0.4) is 0 Å². The molecule has 1 amide bonds. The van der Waals surface area contributed by atoms with Gasteiger partial charge in [-0.2, -0.15) is 10.2 Å². The van der Waals surface area contributed by atoms with Crippen molar-refractivity contribution >= 4 is 25.3 Å². The van der Waals surface area contributed by atoms with E-state index in [9.17, 15) is 19.7 Å². The fourth-order valence-corrected chi connectivity index (χ4v) is 3.87. The number of rotatable bonds is 7. The number of phosphoric ester groups is 1. The molecule has 2 aliphatic rings. The van der Waals surface area contributed by atoms with Crippen LogP contribution in [0, 0.1) is 12.8 Å². The molecule has 2 aliphatic heterocycles. The van der Waals surface area contributed by atoms with Crippen LogP contribution in [0.5, 0.6) is 5.75 Å². The third-order valence-corrected chi connectivity index (χ3v) is 5.73. The Morgan fingerprint density at radius 3 is 2.70 bits per heavy atom. The number of carbonyl (C=O) groups is 1. The topological polar surface area (TPSA) is 168 Å². The summed E-state index contributed by atoms with van der Waals surface area (Å²) in [6, 6.07) is 9.32. The number of benzene rings is 1. The van der Waals surface area contributed by atoms with Crippen LogP contribution in [0.15, 0.2) is 53.4 Å². The molecule has 1 unspecified atom stereocenters. The highest BCUT2D eigenvalue weighted by molar-refractivity contribution is 7.46. The molecular formula is C20H22N5O7P. The molecule has 5 N–H and O–H groups in total. The Morgan fingerprint density at radius 1 is 1.27 bits per heavy atom. The average molecular weight is 475 g/mol. The lowest BCUT2D eigenvalue weighted by molar-refractivity contribution is -0.146. The van der Waals surface area contributed by atoms with Gasteiger partial charge in [-0.15, -0.1) is 0 Å². The van der Waals surface area contributed by atoms with Gasteiger partial charge in [0.15, 0.2) is 5.84 Å². The predicted octanol–water partition coefficient (Wildman–Crippen LogP) is 1.36. The van der Waals surface area contributed by atoms with E-state index in [1.54, 1.807) is 18.0 Å². The first kappa shape index (κ1) is 22.9. The minimum atomic E-state index is -4.74. The lowest BCUT2D eigenvalue weighted by Crippen LogP contribution is -2.44. The number of para-hydroxylation sites is 1. The molecule has 0 saturated carbocycles. The molecule has 13 heteroatoms. The second-order valence-electron chi connectivity index (χ2n) is 7.49. The van der Waals surface area contributed by atoms with Gasteiger partial charge in [-0.05, 0) is 25.1 Å². The first-order valence-corrected chi connectivity index (χ1v) is 11.4. The Labute approximate surface area is 188 Å². The Bertz CT molecular complexity index is 1180. The highest BCUT2D eigenvalue weighted by atomic mass is 31.2. The van der Waals surface area contributed by atoms with Crippen molar-refractivity contribution in [3.63, 3.8) is 0 Å². The molecule has 3 heterocycles. The summed E-state index contributed by atoms with van der Waals surface area (Å²) < 4.78 is 15.6. The first-order chi connectivity index (χ1) is 15.6. The number of nitrogens with zero attached hydrogens (tertiary/aromatic N) is 4. The largest absolute Gasteiger partial charge is 0.506 e. The minimum absolute atomic E-state index is 0.0813. The summed E-state index contributed by atoms with van der Waals surface area (Å²) >= 11 is 0. The number of hydrazone groups is 1. The van der Waals surface area contributed by atoms with E-state index < -0.39 is 20.3 Å². The maximum Gasteiger partial charge on any atom is 0.469 e. The van der Waals surface area contributed by atoms with Crippen molar-refractivity contribution in [2.45, 2.75) is 20.1 Å². The number of carbonyl (C=O) groups excluding carboxylic acids is 1. The number of pyridine rings is 1. The smallest absolute Gasteiger partial charge is 0.469 e. The molecular weight excluding hydrogens is 453 g/mol. The SMILES string of the molecule is Cc1ncc(COP(=O)(O)O)c(CNC2=CC3CN(c4ccccc4)N=C3N(O)C2=O)c1O. The Hall–Kier alpha value is -3.28. The number of hydrogen-bond donors (Lipinski definition) is 5. The fourth-order valence-electron chi connectivity index (χ4n) is 3.56. The number of aryl methyl sites for hydroxylation is 1. The summed E-state index contributed by atoms with van der Waals surface area (Å²) in [5, 5.41) is 30.2. The maximum absolute atomic E-state index is 12.7. The molecule has 12 nitrogen and oxygen atoms in total. The molecule has 33 heavy (non-hydrogen) atoms. The third kappa shape index (κ3) is 4.90. The zero-order valence-corrected chi connectivity index (χ0v) is 18.4. The molecule has 0 bridgehead atoms. The van der Waals surface area contributed by atoms with Crippen molar-refractivity contribution in [1.82, 2.24) is 15.4 Å². The van der Waals surface area contributed by atoms with Crippen LogP contribution in [0.2, 0.25) is 0 Å². The molecule has 174 valence electrons. The van der Waals surface area contributed by atoms with Gasteiger partial charge in [0.05, 0.1) is 36.1 Å². The van der Waals surface area contributed by atoms with Crippen LogP contribution in [0.4, 0.5) is 5.69 Å². The highest BCUT2D eigenvalue weighted by Crippen LogP contribution is 2.38. The molecule has 1 aromatic heterocycles. The van der Waals surface area contributed by atoms with Crippen LogP contribution in [0.1, 0.15) is 16.8 Å². The van der Waals surface area contributed by atoms with Crippen LogP contribution in [-0.4, -0.2) is 48.4 Å². The summed E-state index contributed by atoms with van der Waals surface area (Å²) in [5.74, 6) is -1.08. The summed E-state index contributed by atoms with van der Waals surface area (Å²) in [4.78, 5) is 34.6. The van der Waals surface area contributed by atoms with Crippen LogP contribution in [-0.2, 0) is 27.0 Å². The van der Waals surface area contributed by atoms with Crippen molar-refractivity contribution in [2.24, 2.45) is 11.0 Å². The van der Waals surface area contributed by atoms with E-state index in [2.05, 4.69) is 19.9 Å². The van der Waals surface area contributed by atoms with Crippen molar-refractivity contribution in [1.29, 1.82) is 0 Å². The van der Waals surface area contributed by atoms with Gasteiger partial charge in [0.1, 0.15) is 5.75 Å². The van der Waals surface area contributed by atoms with Gasteiger partial charge < -0.3 is 20.2 Å². The quantitative estimate of drug-likeness (QED) is 0.291. The number of anilines is 1. The molecule has 1 atom stereocenters. The molecule has 0 fully saturated rings. The minimum Gasteiger partial charge on any atom is -0.506 e. The van der Waals surface area contributed by atoms with E-state index in [-0.39, 0.29) is 40.9 Å². The number of phosphoric acid groups is 1. The molecule has 0 spiro atoms. The van der Waals surface area contributed by atoms with Crippen molar-refractivity contribution in [3.05, 3.63) is 65.1 Å². The molecule has 2 aromatic rings. The predicted molar refractivity (Wildman–Crippen MR) is 116 cm³/mol. The monoisotopic (exact) mass is 475 g/mol. The van der Waals surface area contributed by atoms with E-state index in [4.69, 9.17) is 9.79 Å². The van der Waals surface area contributed by atoms with E-state index in [0.29, 0.717) is 17.3 Å². The average Bonchev–Trinajstić information content (AvgIpc) is 3.21. The van der Waals surface area contributed by atoms with E-state index in [0.717, 1.165) is 5.69 Å². The number of nitrogens with one attached hydrogen (secondary N) is 1. The van der Waals surface area contributed by atoms with E-state index in [1.165, 1.54) is 6.20 Å². The molecule has 4 rings (SSSR count). The summed E-state index contributed by atoms with van der Waals surface area (Å²) in [6.45, 7) is 1.40. The third-order valence-electron chi connectivity index (χ3n) is 5.26. The van der Waals surface area contributed by atoms with Gasteiger partial charge in [-0.3, -0.25) is 24.5 Å². The lowest BCUT2D eigenvalue weighted by atomic mass is 10.0. The second-order valence-corrected chi connectivity index (χ2v) is 8.73. The maximum atomic E-state index is 12.7. The van der Waals surface area contributed by atoms with Crippen LogP contribution in [0.25, 0.3) is 0 Å². The van der Waals surface area contributed by atoms with Crippen LogP contribution < -0.4 is 10.3 Å². The lowest BCUT2D eigenvalue weighted by Gasteiger charge is -2.25. The Morgan fingerprint density at radius 2 is 2.00 bits per heavy atom. The number of aromatic nitrogens is 1. The van der Waals surface area contributed by atoms with Crippen molar-refractivity contribution in [2.75, 3.05) is 11.6 Å². The molecule has 0 radical (unpaired) electrons. The normalized spacial score (nSPS) is 18.2. The van der Waals surface area contributed by atoms with Gasteiger partial charge >= 0.3 is 7.82 Å². The van der Waals surface area contributed by atoms with E-state index in [1.807, 2.05) is 30.3 Å². The second kappa shape index (κ2) is 8.93. The van der Waals surface area contributed by atoms with Crippen molar-refractivity contribution < 1.29 is 34.0 Å². The standard InChI is InChI=1S/C20H22N5O7P/c1-12-18(26)16(14(8-21-12)11-32-33(29,30)31)9-22-17-7-13-10-24(15-5-3-2-4-6-15)23-19(13)25(28)20(17)27/h2-8,13,22,26,28H,9-11H2,1H3,(H2,29,30,31). The highest BCUT2D eigenvalue weighted by Gasteiger charge is 2.38. The molecule has 0 aliphatic carbocycles. The zero-order chi connectivity index (χ0) is 23.8. The molecule has 1 aromatic carbocycles. The number of aromatic hydroxyl groups is 1.